The maximum absolute atomic E-state index is 13.7. The predicted octanol–water partition coefficient (Wildman–Crippen LogP) is 1.57. The molecule has 3 rings (SSSR count). The molecule has 4 heteroatoms. The SMILES string of the molecule is O=C1NCc2c(F)cc(CNCC3CC3)cc21. The molecule has 0 radical (unpaired) electrons. The Morgan fingerprint density at radius 3 is 3.00 bits per heavy atom. The minimum Gasteiger partial charge on any atom is -0.348 e. The van der Waals surface area contributed by atoms with E-state index in [2.05, 4.69) is 10.6 Å². The third-order valence-corrected chi connectivity index (χ3v) is 3.38. The highest BCUT2D eigenvalue weighted by Gasteiger charge is 2.23. The molecule has 17 heavy (non-hydrogen) atoms. The van der Waals surface area contributed by atoms with Gasteiger partial charge >= 0.3 is 0 Å². The number of amides is 1. The van der Waals surface area contributed by atoms with Crippen molar-refractivity contribution >= 4 is 5.91 Å². The molecule has 0 aromatic heterocycles. The topological polar surface area (TPSA) is 41.1 Å². The third kappa shape index (κ3) is 2.17. The number of hydrogen-bond donors (Lipinski definition) is 2. The fraction of sp³-hybridized carbons (Fsp3) is 0.462. The van der Waals surface area contributed by atoms with Crippen molar-refractivity contribution in [1.29, 1.82) is 0 Å². The zero-order chi connectivity index (χ0) is 11.8. The third-order valence-electron chi connectivity index (χ3n) is 3.38. The summed E-state index contributed by atoms with van der Waals surface area (Å²) < 4.78 is 13.7. The maximum atomic E-state index is 13.7. The Morgan fingerprint density at radius 1 is 1.41 bits per heavy atom. The first-order valence-corrected chi connectivity index (χ1v) is 6.04. The van der Waals surface area contributed by atoms with E-state index >= 15 is 0 Å². The van der Waals surface area contributed by atoms with E-state index in [4.69, 9.17) is 0 Å². The second-order valence-corrected chi connectivity index (χ2v) is 4.86. The molecule has 1 aliphatic carbocycles. The number of carbonyl (C=O) groups excluding carboxylic acids is 1. The number of carbonyl (C=O) groups is 1. The fourth-order valence-electron chi connectivity index (χ4n) is 2.18. The largest absolute Gasteiger partial charge is 0.348 e. The van der Waals surface area contributed by atoms with Crippen molar-refractivity contribution in [3.63, 3.8) is 0 Å². The van der Waals surface area contributed by atoms with Gasteiger partial charge in [0.2, 0.25) is 0 Å². The smallest absolute Gasteiger partial charge is 0.252 e. The van der Waals surface area contributed by atoms with Gasteiger partial charge in [0.25, 0.3) is 5.91 Å². The van der Waals surface area contributed by atoms with E-state index in [0.29, 0.717) is 24.2 Å². The van der Waals surface area contributed by atoms with Gasteiger partial charge in [-0.2, -0.15) is 0 Å². The van der Waals surface area contributed by atoms with E-state index in [1.807, 2.05) is 0 Å². The van der Waals surface area contributed by atoms with Crippen LogP contribution in [0.1, 0.15) is 34.3 Å². The first-order valence-electron chi connectivity index (χ1n) is 6.04. The van der Waals surface area contributed by atoms with Crippen molar-refractivity contribution < 1.29 is 9.18 Å². The minimum atomic E-state index is -0.274. The maximum Gasteiger partial charge on any atom is 0.252 e. The second-order valence-electron chi connectivity index (χ2n) is 4.86. The highest BCUT2D eigenvalue weighted by atomic mass is 19.1. The molecule has 0 bridgehead atoms. The van der Waals surface area contributed by atoms with Crippen LogP contribution >= 0.6 is 0 Å². The highest BCUT2D eigenvalue weighted by molar-refractivity contribution is 5.98. The van der Waals surface area contributed by atoms with Gasteiger partial charge in [-0.15, -0.1) is 0 Å². The molecule has 0 saturated heterocycles. The second kappa shape index (κ2) is 4.11. The molecular formula is C13H15FN2O. The van der Waals surface area contributed by atoms with Crippen LogP contribution in [0.3, 0.4) is 0 Å². The van der Waals surface area contributed by atoms with Crippen molar-refractivity contribution in [1.82, 2.24) is 10.6 Å². The Kier molecular flexibility index (Phi) is 2.59. The summed E-state index contributed by atoms with van der Waals surface area (Å²) in [5.41, 5.74) is 1.84. The molecule has 1 heterocycles. The minimum absolute atomic E-state index is 0.164. The molecular weight excluding hydrogens is 219 g/mol. The van der Waals surface area contributed by atoms with Crippen molar-refractivity contribution in [3.05, 3.63) is 34.6 Å². The Balaban J connectivity index is 1.73. The van der Waals surface area contributed by atoms with Gasteiger partial charge in [0, 0.05) is 24.2 Å². The molecule has 1 amide bonds. The first-order chi connectivity index (χ1) is 8.24. The molecule has 0 atom stereocenters. The molecule has 1 fully saturated rings. The zero-order valence-electron chi connectivity index (χ0n) is 9.55. The van der Waals surface area contributed by atoms with Gasteiger partial charge in [-0.3, -0.25) is 4.79 Å². The summed E-state index contributed by atoms with van der Waals surface area (Å²) in [4.78, 5) is 11.5. The van der Waals surface area contributed by atoms with Crippen LogP contribution in [0, 0.1) is 11.7 Å². The Hall–Kier alpha value is -1.42. The number of nitrogens with one attached hydrogen (secondary N) is 2. The lowest BCUT2D eigenvalue weighted by molar-refractivity contribution is 0.0965. The van der Waals surface area contributed by atoms with E-state index in [1.165, 1.54) is 18.9 Å². The summed E-state index contributed by atoms with van der Waals surface area (Å²) in [7, 11) is 0. The van der Waals surface area contributed by atoms with Crippen LogP contribution in [-0.2, 0) is 13.1 Å². The molecule has 1 saturated carbocycles. The summed E-state index contributed by atoms with van der Waals surface area (Å²) in [6, 6.07) is 3.32. The molecule has 0 unspecified atom stereocenters. The molecule has 1 aromatic rings. The molecule has 3 nitrogen and oxygen atoms in total. The lowest BCUT2D eigenvalue weighted by atomic mass is 10.1. The van der Waals surface area contributed by atoms with Crippen molar-refractivity contribution in [3.8, 4) is 0 Å². The van der Waals surface area contributed by atoms with Crippen LogP contribution in [0.15, 0.2) is 12.1 Å². The molecule has 2 aliphatic rings. The lowest BCUT2D eigenvalue weighted by Crippen LogP contribution is -2.17. The van der Waals surface area contributed by atoms with Crippen LogP contribution in [0.2, 0.25) is 0 Å². The highest BCUT2D eigenvalue weighted by Crippen LogP contribution is 2.27. The number of fused-ring (bicyclic) bond motifs is 1. The van der Waals surface area contributed by atoms with Gasteiger partial charge in [0.05, 0.1) is 0 Å². The number of hydrogen-bond acceptors (Lipinski definition) is 2. The summed E-state index contributed by atoms with van der Waals surface area (Å²) in [6.45, 7) is 1.94. The number of benzene rings is 1. The molecule has 1 aliphatic heterocycles. The normalized spacial score (nSPS) is 18.1. The molecule has 2 N–H and O–H groups in total. The Morgan fingerprint density at radius 2 is 2.24 bits per heavy atom. The average Bonchev–Trinajstić information content (AvgIpc) is 3.04. The van der Waals surface area contributed by atoms with Crippen molar-refractivity contribution in [2.24, 2.45) is 5.92 Å². The van der Waals surface area contributed by atoms with Crippen LogP contribution in [-0.4, -0.2) is 12.5 Å². The van der Waals surface area contributed by atoms with Gasteiger partial charge in [0.15, 0.2) is 0 Å². The van der Waals surface area contributed by atoms with Crippen molar-refractivity contribution in [2.45, 2.75) is 25.9 Å². The van der Waals surface area contributed by atoms with Crippen LogP contribution in [0.5, 0.6) is 0 Å². The number of halogens is 1. The van der Waals surface area contributed by atoms with Gasteiger partial charge < -0.3 is 10.6 Å². The lowest BCUT2D eigenvalue weighted by Gasteiger charge is -2.06. The van der Waals surface area contributed by atoms with Crippen LogP contribution in [0.4, 0.5) is 4.39 Å². The predicted molar refractivity (Wildman–Crippen MR) is 62.0 cm³/mol. The summed E-state index contributed by atoms with van der Waals surface area (Å²) in [5, 5.41) is 5.94. The van der Waals surface area contributed by atoms with Gasteiger partial charge in [-0.1, -0.05) is 0 Å². The van der Waals surface area contributed by atoms with E-state index in [-0.39, 0.29) is 11.7 Å². The molecule has 0 spiro atoms. The quantitative estimate of drug-likeness (QED) is 0.830. The van der Waals surface area contributed by atoms with Gasteiger partial charge in [0.1, 0.15) is 5.82 Å². The molecule has 1 aromatic carbocycles. The van der Waals surface area contributed by atoms with Gasteiger partial charge in [-0.25, -0.2) is 4.39 Å². The Bertz CT molecular complexity index is 469. The fourth-order valence-corrected chi connectivity index (χ4v) is 2.18. The standard InChI is InChI=1S/C13H15FN2O/c14-12-4-9(6-15-5-8-1-2-8)3-10-11(12)7-16-13(10)17/h3-4,8,15H,1-2,5-7H2,(H,16,17). The van der Waals surface area contributed by atoms with E-state index in [1.54, 1.807) is 6.07 Å². The zero-order valence-corrected chi connectivity index (χ0v) is 9.55. The Labute approximate surface area is 99.4 Å². The van der Waals surface area contributed by atoms with Crippen LogP contribution in [0.25, 0.3) is 0 Å². The summed E-state index contributed by atoms with van der Waals surface area (Å²) >= 11 is 0. The van der Waals surface area contributed by atoms with E-state index in [0.717, 1.165) is 18.0 Å². The average molecular weight is 234 g/mol. The summed E-state index contributed by atoms with van der Waals surface area (Å²) in [5.74, 6) is 0.365. The van der Waals surface area contributed by atoms with Gasteiger partial charge in [-0.05, 0) is 43.0 Å². The first kappa shape index (κ1) is 10.7. The monoisotopic (exact) mass is 234 g/mol. The van der Waals surface area contributed by atoms with Crippen molar-refractivity contribution in [2.75, 3.05) is 6.54 Å². The van der Waals surface area contributed by atoms with E-state index in [9.17, 15) is 9.18 Å². The molecule has 90 valence electrons. The van der Waals surface area contributed by atoms with Crippen LogP contribution < -0.4 is 10.6 Å². The number of rotatable bonds is 4. The summed E-state index contributed by atoms with van der Waals surface area (Å²) in [6.07, 6.45) is 2.60. The van der Waals surface area contributed by atoms with E-state index < -0.39 is 0 Å².